The van der Waals surface area contributed by atoms with Gasteiger partial charge in [0.15, 0.2) is 0 Å². The van der Waals surface area contributed by atoms with Crippen molar-refractivity contribution < 1.29 is 9.59 Å². The molecule has 18 heavy (non-hydrogen) atoms. The number of carbonyl (C=O) groups excluding carboxylic acids is 2. The van der Waals surface area contributed by atoms with Crippen LogP contribution >= 0.6 is 11.3 Å². The lowest BCUT2D eigenvalue weighted by Gasteiger charge is -2.14. The maximum Gasteiger partial charge on any atom is 0.236 e. The van der Waals surface area contributed by atoms with Gasteiger partial charge < -0.3 is 15.5 Å². The Morgan fingerprint density at radius 2 is 2.17 bits per heavy atom. The summed E-state index contributed by atoms with van der Waals surface area (Å²) in [5, 5.41) is 7.76. The van der Waals surface area contributed by atoms with E-state index in [-0.39, 0.29) is 11.8 Å². The molecule has 1 aromatic heterocycles. The third-order valence-corrected chi connectivity index (χ3v) is 3.44. The largest absolute Gasteiger partial charge is 0.345 e. The Balaban J connectivity index is 2.42. The first kappa shape index (κ1) is 14.7. The highest BCUT2D eigenvalue weighted by atomic mass is 32.1. The summed E-state index contributed by atoms with van der Waals surface area (Å²) in [4.78, 5) is 25.2. The van der Waals surface area contributed by atoms with Crippen LogP contribution in [0.15, 0.2) is 11.4 Å². The molecule has 6 heteroatoms. The van der Waals surface area contributed by atoms with Crippen LogP contribution in [0.2, 0.25) is 0 Å². The molecule has 0 atom stereocenters. The van der Waals surface area contributed by atoms with E-state index >= 15 is 0 Å². The number of carbonyl (C=O) groups is 2. The van der Waals surface area contributed by atoms with E-state index in [1.54, 1.807) is 23.3 Å². The third kappa shape index (κ3) is 4.46. The molecule has 0 spiro atoms. The number of amides is 2. The molecule has 1 aromatic rings. The summed E-state index contributed by atoms with van der Waals surface area (Å²) in [5.41, 5.74) is 0.816. The fraction of sp³-hybridized carbons (Fsp3) is 0.500. The summed E-state index contributed by atoms with van der Waals surface area (Å²) >= 11 is 1.56. The molecule has 5 nitrogen and oxygen atoms in total. The number of anilines is 1. The van der Waals surface area contributed by atoms with Crippen LogP contribution < -0.4 is 10.6 Å². The van der Waals surface area contributed by atoms with Gasteiger partial charge in [-0.15, -0.1) is 11.3 Å². The molecule has 0 radical (unpaired) electrons. The summed E-state index contributed by atoms with van der Waals surface area (Å²) in [5.74, 6) is -0.0217. The Morgan fingerprint density at radius 3 is 2.78 bits per heavy atom. The van der Waals surface area contributed by atoms with E-state index < -0.39 is 0 Å². The van der Waals surface area contributed by atoms with Gasteiger partial charge in [-0.3, -0.25) is 9.59 Å². The maximum atomic E-state index is 11.6. The Hall–Kier alpha value is -1.40. The molecule has 0 saturated heterocycles. The predicted molar refractivity (Wildman–Crippen MR) is 73.6 cm³/mol. The van der Waals surface area contributed by atoms with E-state index in [1.165, 1.54) is 6.92 Å². The fourth-order valence-electron chi connectivity index (χ4n) is 1.37. The highest BCUT2D eigenvalue weighted by molar-refractivity contribution is 7.10. The Labute approximate surface area is 111 Å². The molecule has 1 heterocycles. The minimum atomic E-state index is -0.0866. The normalized spacial score (nSPS) is 10.2. The third-order valence-electron chi connectivity index (χ3n) is 2.52. The van der Waals surface area contributed by atoms with Crippen molar-refractivity contribution in [1.82, 2.24) is 10.2 Å². The second-order valence-electron chi connectivity index (χ2n) is 3.95. The molecule has 2 N–H and O–H groups in total. The van der Waals surface area contributed by atoms with Gasteiger partial charge in [0.2, 0.25) is 11.8 Å². The van der Waals surface area contributed by atoms with Crippen molar-refractivity contribution in [1.29, 1.82) is 0 Å². The monoisotopic (exact) mass is 269 g/mol. The quantitative estimate of drug-likeness (QED) is 0.817. The van der Waals surface area contributed by atoms with Crippen LogP contribution in [0, 0.1) is 0 Å². The summed E-state index contributed by atoms with van der Waals surface area (Å²) in [6.07, 6.45) is 0. The van der Waals surface area contributed by atoms with Crippen molar-refractivity contribution in [3.8, 4) is 0 Å². The van der Waals surface area contributed by atoms with Crippen molar-refractivity contribution in [2.75, 3.05) is 25.5 Å². The minimum absolute atomic E-state index is 0.0649. The van der Waals surface area contributed by atoms with Crippen LogP contribution in [0.3, 0.4) is 0 Å². The first-order chi connectivity index (χ1) is 8.54. The van der Waals surface area contributed by atoms with E-state index in [0.717, 1.165) is 10.6 Å². The number of nitrogens with one attached hydrogen (secondary N) is 2. The molecule has 0 aliphatic carbocycles. The lowest BCUT2D eigenvalue weighted by Crippen LogP contribution is -2.35. The molecule has 1 rings (SSSR count). The van der Waals surface area contributed by atoms with Gasteiger partial charge in [-0.2, -0.15) is 0 Å². The van der Waals surface area contributed by atoms with E-state index in [1.807, 2.05) is 18.4 Å². The number of hydrogen-bond acceptors (Lipinski definition) is 4. The molecular formula is C12H19N3O2S. The average Bonchev–Trinajstić information content (AvgIpc) is 2.74. The SMILES string of the molecule is CCN(C)C(=O)CNCc1sccc1NC(C)=O. The van der Waals surface area contributed by atoms with Crippen LogP contribution in [0.4, 0.5) is 5.69 Å². The number of hydrogen-bond donors (Lipinski definition) is 2. The summed E-state index contributed by atoms with van der Waals surface area (Å²) in [6.45, 7) is 5.01. The summed E-state index contributed by atoms with van der Waals surface area (Å²) in [7, 11) is 1.78. The molecular weight excluding hydrogens is 250 g/mol. The first-order valence-electron chi connectivity index (χ1n) is 5.83. The Morgan fingerprint density at radius 1 is 1.44 bits per heavy atom. The summed E-state index contributed by atoms with van der Waals surface area (Å²) in [6, 6.07) is 1.86. The Kier molecular flexibility index (Phi) is 5.80. The molecule has 0 aliphatic heterocycles. The second kappa shape index (κ2) is 7.13. The highest BCUT2D eigenvalue weighted by Gasteiger charge is 2.08. The van der Waals surface area contributed by atoms with Crippen molar-refractivity contribution >= 4 is 28.8 Å². The lowest BCUT2D eigenvalue weighted by molar-refractivity contribution is -0.128. The number of likely N-dealkylation sites (N-methyl/N-ethyl adjacent to an activating group) is 1. The summed E-state index contributed by atoms with van der Waals surface area (Å²) < 4.78 is 0. The molecule has 2 amide bonds. The molecule has 0 saturated carbocycles. The van der Waals surface area contributed by atoms with Gasteiger partial charge in [-0.1, -0.05) is 0 Å². The predicted octanol–water partition coefficient (Wildman–Crippen LogP) is 1.27. The van der Waals surface area contributed by atoms with Crippen LogP contribution in [0.25, 0.3) is 0 Å². The molecule has 0 aromatic carbocycles. The fourth-order valence-corrected chi connectivity index (χ4v) is 2.17. The van der Waals surface area contributed by atoms with Crippen LogP contribution in [-0.4, -0.2) is 36.9 Å². The van der Waals surface area contributed by atoms with E-state index in [9.17, 15) is 9.59 Å². The van der Waals surface area contributed by atoms with Gasteiger partial charge in [0, 0.05) is 31.9 Å². The van der Waals surface area contributed by atoms with Gasteiger partial charge in [-0.05, 0) is 18.4 Å². The van der Waals surface area contributed by atoms with E-state index in [0.29, 0.717) is 19.6 Å². The van der Waals surface area contributed by atoms with Crippen LogP contribution in [0.1, 0.15) is 18.7 Å². The van der Waals surface area contributed by atoms with Crippen molar-refractivity contribution in [3.63, 3.8) is 0 Å². The average molecular weight is 269 g/mol. The van der Waals surface area contributed by atoms with Gasteiger partial charge in [-0.25, -0.2) is 0 Å². The number of nitrogens with zero attached hydrogens (tertiary/aromatic N) is 1. The standard InChI is InChI=1S/C12H19N3O2S/c1-4-15(3)12(17)8-13-7-11-10(5-6-18-11)14-9(2)16/h5-6,13H,4,7-8H2,1-3H3,(H,14,16). The van der Waals surface area contributed by atoms with Gasteiger partial charge in [0.1, 0.15) is 0 Å². The molecule has 0 aliphatic rings. The maximum absolute atomic E-state index is 11.6. The lowest BCUT2D eigenvalue weighted by atomic mass is 10.3. The van der Waals surface area contributed by atoms with E-state index in [2.05, 4.69) is 10.6 Å². The molecule has 0 fully saturated rings. The second-order valence-corrected chi connectivity index (χ2v) is 4.95. The highest BCUT2D eigenvalue weighted by Crippen LogP contribution is 2.21. The number of thiophene rings is 1. The van der Waals surface area contributed by atoms with Gasteiger partial charge in [0.05, 0.1) is 12.2 Å². The van der Waals surface area contributed by atoms with Crippen LogP contribution in [0.5, 0.6) is 0 Å². The minimum Gasteiger partial charge on any atom is -0.345 e. The van der Waals surface area contributed by atoms with Crippen LogP contribution in [-0.2, 0) is 16.1 Å². The zero-order valence-corrected chi connectivity index (χ0v) is 11.8. The van der Waals surface area contributed by atoms with Gasteiger partial charge in [0.25, 0.3) is 0 Å². The van der Waals surface area contributed by atoms with Crippen molar-refractivity contribution in [2.24, 2.45) is 0 Å². The van der Waals surface area contributed by atoms with Crippen molar-refractivity contribution in [2.45, 2.75) is 20.4 Å². The molecule has 100 valence electrons. The molecule has 0 unspecified atom stereocenters. The van der Waals surface area contributed by atoms with Crippen molar-refractivity contribution in [3.05, 3.63) is 16.3 Å². The molecule has 0 bridgehead atoms. The first-order valence-corrected chi connectivity index (χ1v) is 6.71. The zero-order valence-electron chi connectivity index (χ0n) is 10.9. The Bertz CT molecular complexity index is 417. The van der Waals surface area contributed by atoms with E-state index in [4.69, 9.17) is 0 Å². The smallest absolute Gasteiger partial charge is 0.236 e. The zero-order chi connectivity index (χ0) is 13.5. The van der Waals surface area contributed by atoms with Gasteiger partial charge >= 0.3 is 0 Å². The number of rotatable bonds is 6. The topological polar surface area (TPSA) is 61.4 Å².